The molecule has 0 radical (unpaired) electrons. The zero-order valence-electron chi connectivity index (χ0n) is 25.1. The lowest BCUT2D eigenvalue weighted by Gasteiger charge is -2.45. The van der Waals surface area contributed by atoms with Crippen molar-refractivity contribution < 1.29 is 158 Å². The Hall–Kier alpha value is -2.52. The summed E-state index contributed by atoms with van der Waals surface area (Å²) in [5.74, 6) is -122. The van der Waals surface area contributed by atoms with Crippen molar-refractivity contribution >= 4 is 0 Å². The third-order valence-corrected chi connectivity index (χ3v) is 7.51. The van der Waals surface area contributed by atoms with Crippen LogP contribution in [0.4, 0.5) is 158 Å². The second-order valence-corrected chi connectivity index (χ2v) is 11.2. The van der Waals surface area contributed by atoms with Gasteiger partial charge < -0.3 is 0 Å². The Kier molecular flexibility index (Phi) is 12.9. The molecule has 0 heterocycles. The lowest BCUT2D eigenvalue weighted by atomic mass is 9.81. The molecule has 0 rings (SSSR count). The van der Waals surface area contributed by atoms with Crippen LogP contribution in [0.3, 0.4) is 0 Å². The van der Waals surface area contributed by atoms with Crippen molar-refractivity contribution in [3.63, 3.8) is 0 Å². The predicted molar refractivity (Wildman–Crippen MR) is 105 cm³/mol. The highest BCUT2D eigenvalue weighted by Crippen LogP contribution is 2.68. The van der Waals surface area contributed by atoms with Gasteiger partial charge in [0.25, 0.3) is 0 Å². The molecule has 0 aromatic rings. The zero-order chi connectivity index (χ0) is 47.5. The molecule has 36 heteroatoms. The van der Waals surface area contributed by atoms with Gasteiger partial charge in [-0.15, -0.1) is 0 Å². The first-order valence-corrected chi connectivity index (χ1v) is 12.7. The molecule has 0 aromatic carbocycles. The van der Waals surface area contributed by atoms with Crippen LogP contribution in [0.1, 0.15) is 19.8 Å². The molecule has 344 valence electrons. The van der Waals surface area contributed by atoms with Gasteiger partial charge in [0, 0.05) is 12.3 Å². The number of alkyl halides is 36. The van der Waals surface area contributed by atoms with E-state index in [2.05, 4.69) is 0 Å². The summed E-state index contributed by atoms with van der Waals surface area (Å²) in [7, 11) is 0. The summed E-state index contributed by atoms with van der Waals surface area (Å²) < 4.78 is 482. The molecular weight excluding hydrogens is 936 g/mol. The van der Waals surface area contributed by atoms with Crippen LogP contribution in [0.5, 0.6) is 0 Å². The van der Waals surface area contributed by atoms with Gasteiger partial charge >= 0.3 is 101 Å². The highest BCUT2D eigenvalue weighted by atomic mass is 19.5. The van der Waals surface area contributed by atoms with Crippen molar-refractivity contribution in [1.29, 1.82) is 0 Å². The van der Waals surface area contributed by atoms with Crippen molar-refractivity contribution in [1.82, 2.24) is 0 Å². The molecule has 0 saturated heterocycles. The average molecular weight is 944 g/mol. The Bertz CT molecular complexity index is 1400. The van der Waals surface area contributed by atoms with Crippen molar-refractivity contribution in [3.8, 4) is 0 Å². The van der Waals surface area contributed by atoms with E-state index in [1.54, 1.807) is 0 Å². The van der Waals surface area contributed by atoms with Gasteiger partial charge in [0.15, 0.2) is 0 Å². The fourth-order valence-corrected chi connectivity index (χ4v) is 3.78. The maximum Gasteiger partial charge on any atom is 0.460 e. The van der Waals surface area contributed by atoms with Crippen LogP contribution < -0.4 is 0 Å². The molecule has 0 N–H and O–H groups in total. The third kappa shape index (κ3) is 6.79. The molecule has 0 aliphatic heterocycles. The number of rotatable bonds is 16. The van der Waals surface area contributed by atoms with E-state index in [9.17, 15) is 158 Å². The van der Waals surface area contributed by atoms with Crippen LogP contribution in [0.15, 0.2) is 0 Å². The molecule has 0 amide bonds. The van der Waals surface area contributed by atoms with Crippen LogP contribution in [0.2, 0.25) is 0 Å². The summed E-state index contributed by atoms with van der Waals surface area (Å²) in [5, 5.41) is 0. The number of hydrogen-bond donors (Lipinski definition) is 0. The number of halogens is 36. The van der Waals surface area contributed by atoms with Crippen molar-refractivity contribution in [3.05, 3.63) is 0 Å². The molecule has 57 heavy (non-hydrogen) atoms. The van der Waals surface area contributed by atoms with Crippen molar-refractivity contribution in [2.45, 2.75) is 121 Å². The normalized spacial score (nSPS) is 17.6. The highest BCUT2D eigenvalue weighted by molar-refractivity contribution is 5.20. The lowest BCUT2D eigenvalue weighted by Crippen LogP contribution is -2.77. The molecule has 0 spiro atoms. The molecule has 0 nitrogen and oxygen atoms in total. The Balaban J connectivity index is 7.13. The van der Waals surface area contributed by atoms with Gasteiger partial charge in [0.1, 0.15) is 0 Å². The zero-order valence-corrected chi connectivity index (χ0v) is 25.1. The van der Waals surface area contributed by atoms with E-state index in [4.69, 9.17) is 0 Å². The Labute approximate surface area is 286 Å². The summed E-state index contributed by atoms with van der Waals surface area (Å²) in [5.41, 5.74) is -9.20. The largest absolute Gasteiger partial charge is 0.460 e. The van der Waals surface area contributed by atoms with Crippen LogP contribution in [-0.2, 0) is 0 Å². The van der Waals surface area contributed by atoms with Gasteiger partial charge in [0.2, 0.25) is 0 Å². The smallest absolute Gasteiger partial charge is 0.216 e. The second-order valence-electron chi connectivity index (χ2n) is 11.2. The molecule has 0 aromatic heterocycles. The predicted octanol–water partition coefficient (Wildman–Crippen LogP) is 13.1. The van der Waals surface area contributed by atoms with E-state index < -0.39 is 127 Å². The van der Waals surface area contributed by atoms with Gasteiger partial charge in [0.05, 0.1) is 0 Å². The minimum absolute atomic E-state index is 1.21. The van der Waals surface area contributed by atoms with Gasteiger partial charge in [-0.05, 0) is 6.42 Å². The Morgan fingerprint density at radius 1 is 0.263 bits per heavy atom. The van der Waals surface area contributed by atoms with Crippen LogP contribution in [0, 0.1) is 5.92 Å². The summed E-state index contributed by atoms with van der Waals surface area (Å²) in [6.07, 6.45) is -33.6. The maximum atomic E-state index is 14.2. The van der Waals surface area contributed by atoms with E-state index >= 15 is 0 Å². The molecular formula is C21H8F36. The fourth-order valence-electron chi connectivity index (χ4n) is 3.78. The molecule has 1 unspecified atom stereocenters. The first kappa shape index (κ1) is 54.5. The van der Waals surface area contributed by atoms with E-state index in [0.717, 1.165) is 0 Å². The lowest BCUT2D eigenvalue weighted by molar-refractivity contribution is -0.472. The van der Waals surface area contributed by atoms with Crippen molar-refractivity contribution in [2.75, 3.05) is 0 Å². The van der Waals surface area contributed by atoms with Gasteiger partial charge in [-0.3, -0.25) is 0 Å². The van der Waals surface area contributed by atoms with Gasteiger partial charge in [-0.2, -0.15) is 154 Å². The first-order chi connectivity index (χ1) is 23.9. The Morgan fingerprint density at radius 3 is 0.754 bits per heavy atom. The molecule has 0 saturated carbocycles. The second kappa shape index (κ2) is 13.5. The average Bonchev–Trinajstić information content (AvgIpc) is 2.96. The summed E-state index contributed by atoms with van der Waals surface area (Å²) in [4.78, 5) is 0. The van der Waals surface area contributed by atoms with Crippen molar-refractivity contribution in [2.24, 2.45) is 5.92 Å². The Morgan fingerprint density at radius 2 is 0.491 bits per heavy atom. The van der Waals surface area contributed by atoms with E-state index in [0.29, 0.717) is 0 Å². The first-order valence-electron chi connectivity index (χ1n) is 12.7. The molecule has 1 atom stereocenters. The number of hydrogen-bond acceptors (Lipinski definition) is 0. The maximum absolute atomic E-state index is 14.2. The summed E-state index contributed by atoms with van der Waals surface area (Å²) in [6, 6.07) is 0. The minimum atomic E-state index is -9.62. The topological polar surface area (TPSA) is 0 Å². The molecule has 0 aliphatic rings. The van der Waals surface area contributed by atoms with Crippen LogP contribution in [-0.4, -0.2) is 101 Å². The third-order valence-electron chi connectivity index (χ3n) is 7.51. The van der Waals surface area contributed by atoms with Gasteiger partial charge in [-0.25, -0.2) is 4.39 Å². The minimum Gasteiger partial charge on any atom is -0.216 e. The van der Waals surface area contributed by atoms with Crippen LogP contribution in [0.25, 0.3) is 0 Å². The SMILES string of the molecule is CC(CCC(F)(F)C(F)(F)C(F)(F)C(F)(F)C(F)(F)C(F)(F)C(F)(C(F)(F)F)C(F)(F)F)C(F)(F)C(F)(F)C(F)(F)C(F)(F)C(F)(F)C(F)(F)C(F)(F)C(F)(F)F. The molecule has 0 fully saturated rings. The highest BCUT2D eigenvalue weighted by Gasteiger charge is 2.99. The van der Waals surface area contributed by atoms with Gasteiger partial charge in [-0.1, -0.05) is 6.92 Å². The van der Waals surface area contributed by atoms with Crippen LogP contribution >= 0.6 is 0 Å². The summed E-state index contributed by atoms with van der Waals surface area (Å²) in [6.45, 7) is -1.21. The quantitative estimate of drug-likeness (QED) is 0.135. The van der Waals surface area contributed by atoms with E-state index in [1.165, 1.54) is 0 Å². The summed E-state index contributed by atoms with van der Waals surface area (Å²) >= 11 is 0. The fraction of sp³-hybridized carbons (Fsp3) is 1.00. The standard InChI is InChI=1S/C21H8F36/c1-4(6(24,25)9(29,30)12(35,36)15(41,42)16(43,44)17(45,46)18(47,48)21(55,56)57)2-3-5(22,23)8(27,28)11(33,34)14(39,40)13(37,38)10(31,32)7(26,19(49,50)51)20(52,53)54/h4H,2-3H2,1H3. The molecule has 0 bridgehead atoms. The van der Waals surface area contributed by atoms with E-state index in [-0.39, 0.29) is 0 Å². The van der Waals surface area contributed by atoms with E-state index in [1.807, 2.05) is 0 Å². The monoisotopic (exact) mass is 944 g/mol. The molecule has 0 aliphatic carbocycles.